The maximum atomic E-state index is 13.3. The van der Waals surface area contributed by atoms with Gasteiger partial charge in [-0.2, -0.15) is 5.10 Å². The fourth-order valence-corrected chi connectivity index (χ4v) is 3.35. The first kappa shape index (κ1) is 19.6. The Morgan fingerprint density at radius 3 is 2.07 bits per heavy atom. The van der Waals surface area contributed by atoms with Crippen LogP contribution >= 0.6 is 11.6 Å². The summed E-state index contributed by atoms with van der Waals surface area (Å²) in [5.74, 6) is -0.691. The summed E-state index contributed by atoms with van der Waals surface area (Å²) in [6.07, 6.45) is 0. The van der Waals surface area contributed by atoms with Crippen molar-refractivity contribution in [2.24, 2.45) is 0 Å². The summed E-state index contributed by atoms with van der Waals surface area (Å²) >= 11 is 6.04. The molecule has 0 bridgehead atoms. The van der Waals surface area contributed by atoms with E-state index in [1.54, 1.807) is 41.1 Å². The normalized spacial score (nSPS) is 10.6. The standard InChI is InChI=1S/C24H18ClN3O2/c1-16(29)22-21(24(30)26-19-10-6-3-7-11-19)23(17-8-4-2-5-9-17)28(27-22)20-14-12-18(25)13-15-20/h2-15H,1H3,(H,26,30). The minimum atomic E-state index is -0.398. The number of carbonyl (C=O) groups is 2. The van der Waals surface area contributed by atoms with Gasteiger partial charge in [0.05, 0.1) is 16.9 Å². The van der Waals surface area contributed by atoms with Crippen molar-refractivity contribution in [2.75, 3.05) is 5.32 Å². The number of anilines is 1. The monoisotopic (exact) mass is 415 g/mol. The van der Waals surface area contributed by atoms with Gasteiger partial charge in [-0.15, -0.1) is 0 Å². The number of aromatic nitrogens is 2. The first-order valence-electron chi connectivity index (χ1n) is 9.36. The average Bonchev–Trinajstić information content (AvgIpc) is 3.17. The van der Waals surface area contributed by atoms with Crippen molar-refractivity contribution in [2.45, 2.75) is 6.92 Å². The molecule has 1 amide bonds. The van der Waals surface area contributed by atoms with Crippen LogP contribution in [0.5, 0.6) is 0 Å². The second kappa shape index (κ2) is 8.35. The minimum Gasteiger partial charge on any atom is -0.322 e. The van der Waals surface area contributed by atoms with Gasteiger partial charge in [-0.25, -0.2) is 4.68 Å². The smallest absolute Gasteiger partial charge is 0.260 e. The number of nitrogens with zero attached hydrogens (tertiary/aromatic N) is 2. The highest BCUT2D eigenvalue weighted by molar-refractivity contribution is 6.30. The zero-order valence-electron chi connectivity index (χ0n) is 16.2. The fourth-order valence-electron chi connectivity index (χ4n) is 3.23. The molecule has 6 heteroatoms. The van der Waals surface area contributed by atoms with Crippen molar-refractivity contribution >= 4 is 29.0 Å². The number of amides is 1. The molecule has 0 saturated heterocycles. The lowest BCUT2D eigenvalue weighted by Gasteiger charge is -2.11. The molecule has 1 aromatic heterocycles. The number of para-hydroxylation sites is 1. The van der Waals surface area contributed by atoms with Crippen LogP contribution in [0.3, 0.4) is 0 Å². The number of hydrogen-bond acceptors (Lipinski definition) is 3. The van der Waals surface area contributed by atoms with E-state index in [-0.39, 0.29) is 17.0 Å². The number of hydrogen-bond donors (Lipinski definition) is 1. The molecule has 0 radical (unpaired) electrons. The summed E-state index contributed by atoms with van der Waals surface area (Å²) in [5.41, 5.74) is 2.97. The number of nitrogens with one attached hydrogen (secondary N) is 1. The number of benzene rings is 3. The summed E-state index contributed by atoms with van der Waals surface area (Å²) in [6, 6.07) is 25.6. The highest BCUT2D eigenvalue weighted by Gasteiger charge is 2.28. The van der Waals surface area contributed by atoms with Crippen LogP contribution in [0.25, 0.3) is 16.9 Å². The second-order valence-electron chi connectivity index (χ2n) is 6.70. The maximum absolute atomic E-state index is 13.3. The lowest BCUT2D eigenvalue weighted by atomic mass is 10.0. The zero-order chi connectivity index (χ0) is 21.1. The quantitative estimate of drug-likeness (QED) is 0.428. The van der Waals surface area contributed by atoms with Crippen LogP contribution in [-0.2, 0) is 0 Å². The van der Waals surface area contributed by atoms with Gasteiger partial charge in [0.1, 0.15) is 5.69 Å². The Morgan fingerprint density at radius 2 is 1.47 bits per heavy atom. The van der Waals surface area contributed by atoms with Gasteiger partial charge in [0.15, 0.2) is 5.78 Å². The first-order chi connectivity index (χ1) is 14.5. The number of rotatable bonds is 5. The predicted octanol–water partition coefficient (Wildman–Crippen LogP) is 5.65. The van der Waals surface area contributed by atoms with Gasteiger partial charge in [-0.1, -0.05) is 60.1 Å². The topological polar surface area (TPSA) is 64.0 Å². The largest absolute Gasteiger partial charge is 0.322 e. The maximum Gasteiger partial charge on any atom is 0.260 e. The van der Waals surface area contributed by atoms with Gasteiger partial charge in [0.25, 0.3) is 5.91 Å². The molecule has 0 aliphatic heterocycles. The van der Waals surface area contributed by atoms with Gasteiger partial charge < -0.3 is 5.32 Å². The third kappa shape index (κ3) is 3.88. The molecule has 5 nitrogen and oxygen atoms in total. The van der Waals surface area contributed by atoms with E-state index in [1.807, 2.05) is 48.5 Å². The van der Waals surface area contributed by atoms with Crippen LogP contribution in [0.1, 0.15) is 27.8 Å². The predicted molar refractivity (Wildman–Crippen MR) is 118 cm³/mol. The van der Waals surface area contributed by atoms with E-state index < -0.39 is 5.91 Å². The van der Waals surface area contributed by atoms with Crippen LogP contribution in [0, 0.1) is 0 Å². The summed E-state index contributed by atoms with van der Waals surface area (Å²) in [7, 11) is 0. The Labute approximate surface area is 178 Å². The van der Waals surface area contributed by atoms with Gasteiger partial charge in [0.2, 0.25) is 0 Å². The third-order valence-electron chi connectivity index (χ3n) is 4.60. The van der Waals surface area contributed by atoms with Crippen LogP contribution in [0.2, 0.25) is 5.02 Å². The molecule has 4 aromatic rings. The van der Waals surface area contributed by atoms with Crippen LogP contribution in [0.15, 0.2) is 84.9 Å². The van der Waals surface area contributed by atoms with Crippen molar-refractivity contribution in [3.05, 3.63) is 101 Å². The Kier molecular flexibility index (Phi) is 5.46. The summed E-state index contributed by atoms with van der Waals surface area (Å²) < 4.78 is 1.61. The van der Waals surface area contributed by atoms with E-state index in [0.717, 1.165) is 5.56 Å². The van der Waals surface area contributed by atoms with E-state index in [2.05, 4.69) is 10.4 Å². The second-order valence-corrected chi connectivity index (χ2v) is 7.14. The molecule has 0 saturated carbocycles. The van der Waals surface area contributed by atoms with Crippen molar-refractivity contribution < 1.29 is 9.59 Å². The highest BCUT2D eigenvalue weighted by atomic mass is 35.5. The molecule has 1 N–H and O–H groups in total. The molecule has 0 spiro atoms. The Balaban J connectivity index is 1.94. The fraction of sp³-hybridized carbons (Fsp3) is 0.0417. The molecule has 4 rings (SSSR count). The Hall–Kier alpha value is -3.70. The van der Waals surface area contributed by atoms with Gasteiger partial charge in [-0.3, -0.25) is 9.59 Å². The lowest BCUT2D eigenvalue weighted by molar-refractivity contribution is 0.0983. The summed E-state index contributed by atoms with van der Waals surface area (Å²) in [4.78, 5) is 25.7. The molecule has 30 heavy (non-hydrogen) atoms. The number of carbonyl (C=O) groups excluding carboxylic acids is 2. The van der Waals surface area contributed by atoms with Crippen molar-refractivity contribution in [3.8, 4) is 16.9 Å². The molecule has 0 unspecified atom stereocenters. The van der Waals surface area contributed by atoms with Crippen molar-refractivity contribution in [3.63, 3.8) is 0 Å². The summed E-state index contributed by atoms with van der Waals surface area (Å²) in [5, 5.41) is 7.97. The molecule has 0 fully saturated rings. The van der Waals surface area contributed by atoms with E-state index in [0.29, 0.717) is 22.1 Å². The molecular formula is C24H18ClN3O2. The molecule has 3 aromatic carbocycles. The molecule has 0 aliphatic carbocycles. The van der Waals surface area contributed by atoms with E-state index >= 15 is 0 Å². The van der Waals surface area contributed by atoms with E-state index in [4.69, 9.17) is 11.6 Å². The average molecular weight is 416 g/mol. The zero-order valence-corrected chi connectivity index (χ0v) is 16.9. The van der Waals surface area contributed by atoms with Crippen molar-refractivity contribution in [1.82, 2.24) is 9.78 Å². The number of halogens is 1. The first-order valence-corrected chi connectivity index (χ1v) is 9.74. The minimum absolute atomic E-state index is 0.109. The molecule has 1 heterocycles. The van der Waals surface area contributed by atoms with E-state index in [1.165, 1.54) is 6.92 Å². The highest BCUT2D eigenvalue weighted by Crippen LogP contribution is 2.31. The molecule has 0 atom stereocenters. The van der Waals surface area contributed by atoms with Crippen LogP contribution < -0.4 is 5.32 Å². The van der Waals surface area contributed by atoms with E-state index in [9.17, 15) is 9.59 Å². The Morgan fingerprint density at radius 1 is 0.867 bits per heavy atom. The third-order valence-corrected chi connectivity index (χ3v) is 4.85. The SMILES string of the molecule is CC(=O)c1nn(-c2ccc(Cl)cc2)c(-c2ccccc2)c1C(=O)Nc1ccccc1. The molecular weight excluding hydrogens is 398 g/mol. The Bertz CT molecular complexity index is 1200. The van der Waals surface area contributed by atoms with Crippen LogP contribution in [-0.4, -0.2) is 21.5 Å². The summed E-state index contributed by atoms with van der Waals surface area (Å²) in [6.45, 7) is 1.41. The van der Waals surface area contributed by atoms with Crippen LogP contribution in [0.4, 0.5) is 5.69 Å². The molecule has 0 aliphatic rings. The van der Waals surface area contributed by atoms with Crippen molar-refractivity contribution in [1.29, 1.82) is 0 Å². The van der Waals surface area contributed by atoms with Gasteiger partial charge in [-0.05, 0) is 36.4 Å². The number of Topliss-reactive ketones (excluding diaryl/α,β-unsaturated/α-hetero) is 1. The van der Waals surface area contributed by atoms with Gasteiger partial charge in [0, 0.05) is 23.2 Å². The lowest BCUT2D eigenvalue weighted by Crippen LogP contribution is -2.15. The van der Waals surface area contributed by atoms with Gasteiger partial charge >= 0.3 is 0 Å². The number of ketones is 1. The molecule has 148 valence electrons.